The summed E-state index contributed by atoms with van der Waals surface area (Å²) in [6, 6.07) is 9.41. The van der Waals surface area contributed by atoms with Crippen LogP contribution in [0.15, 0.2) is 24.3 Å². The van der Waals surface area contributed by atoms with E-state index in [4.69, 9.17) is 4.74 Å². The molecule has 110 valence electrons. The molecule has 20 heavy (non-hydrogen) atoms. The number of piperidine rings is 1. The topological polar surface area (TPSA) is 24.5 Å². The van der Waals surface area contributed by atoms with Gasteiger partial charge in [0.15, 0.2) is 0 Å². The molecular formula is C17H26N2O. The highest BCUT2D eigenvalue weighted by molar-refractivity contribution is 5.37. The highest BCUT2D eigenvalue weighted by Crippen LogP contribution is 2.31. The zero-order valence-corrected chi connectivity index (χ0v) is 12.5. The summed E-state index contributed by atoms with van der Waals surface area (Å²) in [5, 5.41) is 3.80. The maximum absolute atomic E-state index is 5.73. The summed E-state index contributed by atoms with van der Waals surface area (Å²) in [5.41, 5.74) is 1.32. The minimum absolute atomic E-state index is 0.444. The first-order valence-electron chi connectivity index (χ1n) is 8.03. The van der Waals surface area contributed by atoms with Crippen LogP contribution in [-0.2, 0) is 0 Å². The molecule has 3 heteroatoms. The molecule has 3 nitrogen and oxygen atoms in total. The van der Waals surface area contributed by atoms with Crippen molar-refractivity contribution in [2.45, 2.75) is 44.7 Å². The standard InChI is InChI=1S/C17H26N2O/c1-14(13-19-10-5-2-6-11-19)18-16-9-12-20-17-8-4-3-7-15(16)17/h3-4,7-8,14,16,18H,2,5-6,9-13H2,1H3. The predicted octanol–water partition coefficient (Wildman–Crippen LogP) is 2.97. The maximum atomic E-state index is 5.73. The van der Waals surface area contributed by atoms with E-state index in [0.717, 1.165) is 18.8 Å². The van der Waals surface area contributed by atoms with Gasteiger partial charge in [0.25, 0.3) is 0 Å². The molecule has 2 unspecified atom stereocenters. The number of nitrogens with zero attached hydrogens (tertiary/aromatic N) is 1. The summed E-state index contributed by atoms with van der Waals surface area (Å²) in [6.45, 7) is 6.85. The highest BCUT2D eigenvalue weighted by atomic mass is 16.5. The van der Waals surface area contributed by atoms with Crippen molar-refractivity contribution >= 4 is 0 Å². The van der Waals surface area contributed by atoms with E-state index in [1.54, 1.807) is 0 Å². The van der Waals surface area contributed by atoms with Crippen molar-refractivity contribution in [2.75, 3.05) is 26.2 Å². The molecule has 0 aliphatic carbocycles. The van der Waals surface area contributed by atoms with Crippen LogP contribution in [0, 0.1) is 0 Å². The molecule has 1 aromatic carbocycles. The van der Waals surface area contributed by atoms with E-state index in [1.165, 1.54) is 44.5 Å². The molecule has 0 saturated carbocycles. The largest absolute Gasteiger partial charge is 0.493 e. The summed E-state index contributed by atoms with van der Waals surface area (Å²) >= 11 is 0. The summed E-state index contributed by atoms with van der Waals surface area (Å²) in [6.07, 6.45) is 5.21. The van der Waals surface area contributed by atoms with Gasteiger partial charge in [0.05, 0.1) is 6.61 Å². The number of hydrogen-bond donors (Lipinski definition) is 1. The molecule has 0 spiro atoms. The third kappa shape index (κ3) is 3.33. The van der Waals surface area contributed by atoms with Crippen molar-refractivity contribution < 1.29 is 4.74 Å². The van der Waals surface area contributed by atoms with Crippen LogP contribution in [0.3, 0.4) is 0 Å². The number of fused-ring (bicyclic) bond motifs is 1. The van der Waals surface area contributed by atoms with Crippen molar-refractivity contribution in [1.29, 1.82) is 0 Å². The normalized spacial score (nSPS) is 24.8. The van der Waals surface area contributed by atoms with Crippen molar-refractivity contribution in [3.63, 3.8) is 0 Å². The quantitative estimate of drug-likeness (QED) is 0.913. The average molecular weight is 274 g/mol. The zero-order chi connectivity index (χ0) is 13.8. The van der Waals surface area contributed by atoms with Crippen LogP contribution in [-0.4, -0.2) is 37.2 Å². The van der Waals surface area contributed by atoms with Gasteiger partial charge in [0, 0.05) is 30.6 Å². The number of benzene rings is 1. The molecule has 0 bridgehead atoms. The Bertz CT molecular complexity index is 429. The third-order valence-corrected chi connectivity index (χ3v) is 4.42. The highest BCUT2D eigenvalue weighted by Gasteiger charge is 2.23. The lowest BCUT2D eigenvalue weighted by Crippen LogP contribution is -2.43. The van der Waals surface area contributed by atoms with E-state index in [9.17, 15) is 0 Å². The van der Waals surface area contributed by atoms with Crippen LogP contribution < -0.4 is 10.1 Å². The number of para-hydroxylation sites is 1. The Labute approximate surface area is 122 Å². The van der Waals surface area contributed by atoms with Crippen molar-refractivity contribution in [3.8, 4) is 5.75 Å². The number of nitrogens with one attached hydrogen (secondary N) is 1. The lowest BCUT2D eigenvalue weighted by atomic mass is 9.99. The maximum Gasteiger partial charge on any atom is 0.124 e. The Morgan fingerprint density at radius 2 is 2.05 bits per heavy atom. The lowest BCUT2D eigenvalue weighted by molar-refractivity contribution is 0.192. The Balaban J connectivity index is 1.57. The van der Waals surface area contributed by atoms with Gasteiger partial charge in [0.1, 0.15) is 5.75 Å². The minimum atomic E-state index is 0.444. The molecule has 2 heterocycles. The van der Waals surface area contributed by atoms with Crippen LogP contribution in [0.4, 0.5) is 0 Å². The SMILES string of the molecule is CC(CN1CCCCC1)NC1CCOc2ccccc21. The number of likely N-dealkylation sites (tertiary alicyclic amines) is 1. The third-order valence-electron chi connectivity index (χ3n) is 4.42. The van der Waals surface area contributed by atoms with Crippen LogP contribution in [0.5, 0.6) is 5.75 Å². The Morgan fingerprint density at radius 3 is 2.90 bits per heavy atom. The molecule has 3 rings (SSSR count). The first kappa shape index (κ1) is 13.9. The van der Waals surface area contributed by atoms with E-state index >= 15 is 0 Å². The van der Waals surface area contributed by atoms with Crippen LogP contribution >= 0.6 is 0 Å². The second kappa shape index (κ2) is 6.59. The summed E-state index contributed by atoms with van der Waals surface area (Å²) < 4.78 is 5.73. The van der Waals surface area contributed by atoms with E-state index in [-0.39, 0.29) is 0 Å². The molecular weight excluding hydrogens is 248 g/mol. The zero-order valence-electron chi connectivity index (χ0n) is 12.5. The molecule has 1 saturated heterocycles. The lowest BCUT2D eigenvalue weighted by Gasteiger charge is -2.33. The van der Waals surface area contributed by atoms with E-state index < -0.39 is 0 Å². The van der Waals surface area contributed by atoms with Gasteiger partial charge in [-0.05, 0) is 38.9 Å². The van der Waals surface area contributed by atoms with Gasteiger partial charge in [-0.2, -0.15) is 0 Å². The Hall–Kier alpha value is -1.06. The molecule has 2 aliphatic rings. The van der Waals surface area contributed by atoms with E-state index in [0.29, 0.717) is 12.1 Å². The number of rotatable bonds is 4. The van der Waals surface area contributed by atoms with Crippen molar-refractivity contribution in [2.24, 2.45) is 0 Å². The van der Waals surface area contributed by atoms with Gasteiger partial charge in [-0.15, -0.1) is 0 Å². The number of hydrogen-bond acceptors (Lipinski definition) is 3. The van der Waals surface area contributed by atoms with E-state index in [2.05, 4.69) is 41.4 Å². The molecule has 0 radical (unpaired) electrons. The van der Waals surface area contributed by atoms with Gasteiger partial charge in [-0.25, -0.2) is 0 Å². The van der Waals surface area contributed by atoms with Gasteiger partial charge in [-0.3, -0.25) is 0 Å². The summed E-state index contributed by atoms with van der Waals surface area (Å²) in [5.74, 6) is 1.06. The Morgan fingerprint density at radius 1 is 1.25 bits per heavy atom. The number of ether oxygens (including phenoxy) is 1. The van der Waals surface area contributed by atoms with Crippen LogP contribution in [0.2, 0.25) is 0 Å². The molecule has 0 aromatic heterocycles. The predicted molar refractivity (Wildman–Crippen MR) is 82.2 cm³/mol. The average Bonchev–Trinajstić information content (AvgIpc) is 2.48. The summed E-state index contributed by atoms with van der Waals surface area (Å²) in [7, 11) is 0. The monoisotopic (exact) mass is 274 g/mol. The van der Waals surface area contributed by atoms with Crippen LogP contribution in [0.25, 0.3) is 0 Å². The summed E-state index contributed by atoms with van der Waals surface area (Å²) in [4.78, 5) is 2.60. The van der Waals surface area contributed by atoms with Gasteiger partial charge in [0.2, 0.25) is 0 Å². The van der Waals surface area contributed by atoms with Crippen LogP contribution in [0.1, 0.15) is 44.2 Å². The molecule has 1 N–H and O–H groups in total. The molecule has 0 amide bonds. The van der Waals surface area contributed by atoms with Gasteiger partial charge >= 0.3 is 0 Å². The van der Waals surface area contributed by atoms with E-state index in [1.807, 2.05) is 0 Å². The molecule has 2 atom stereocenters. The van der Waals surface area contributed by atoms with Gasteiger partial charge in [-0.1, -0.05) is 24.6 Å². The molecule has 1 fully saturated rings. The molecule has 1 aromatic rings. The fraction of sp³-hybridized carbons (Fsp3) is 0.647. The first-order valence-corrected chi connectivity index (χ1v) is 8.03. The van der Waals surface area contributed by atoms with Crippen molar-refractivity contribution in [3.05, 3.63) is 29.8 Å². The minimum Gasteiger partial charge on any atom is -0.493 e. The fourth-order valence-electron chi connectivity index (χ4n) is 3.44. The van der Waals surface area contributed by atoms with Gasteiger partial charge < -0.3 is 15.0 Å². The molecule has 2 aliphatic heterocycles. The van der Waals surface area contributed by atoms with Crippen molar-refractivity contribution in [1.82, 2.24) is 10.2 Å². The second-order valence-electron chi connectivity index (χ2n) is 6.16. The first-order chi connectivity index (χ1) is 9.83. The Kier molecular flexibility index (Phi) is 4.58. The smallest absolute Gasteiger partial charge is 0.124 e. The fourth-order valence-corrected chi connectivity index (χ4v) is 3.44. The second-order valence-corrected chi connectivity index (χ2v) is 6.16.